The van der Waals surface area contributed by atoms with Gasteiger partial charge in [0.2, 0.25) is 5.91 Å². The lowest BCUT2D eigenvalue weighted by Crippen LogP contribution is -2.43. The minimum absolute atomic E-state index is 0.147. The van der Waals surface area contributed by atoms with E-state index in [1.54, 1.807) is 18.2 Å². The molecule has 0 bridgehead atoms. The zero-order valence-electron chi connectivity index (χ0n) is 17.0. The van der Waals surface area contributed by atoms with Gasteiger partial charge in [-0.15, -0.1) is 0 Å². The van der Waals surface area contributed by atoms with Crippen molar-refractivity contribution in [1.82, 2.24) is 0 Å². The summed E-state index contributed by atoms with van der Waals surface area (Å²) in [6, 6.07) is 22.8. The Labute approximate surface area is 202 Å². The quantitative estimate of drug-likeness (QED) is 0.281. The molecule has 1 spiro atoms. The SMILES string of the molecule is O=C1C2=C(Nc3c(cc(Br)c4ccccc34)[C@@]23C(=O)Nc2ccc(Cl)cc23)c2ccccc21. The Morgan fingerprint density at radius 3 is 2.33 bits per heavy atom. The summed E-state index contributed by atoms with van der Waals surface area (Å²) in [6.45, 7) is 0. The lowest BCUT2D eigenvalue weighted by atomic mass is 9.66. The number of anilines is 2. The predicted molar refractivity (Wildman–Crippen MR) is 134 cm³/mol. The number of halogens is 2. The molecule has 0 unspecified atom stereocenters. The summed E-state index contributed by atoms with van der Waals surface area (Å²) in [4.78, 5) is 27.9. The molecular weight excluding hydrogens is 500 g/mol. The Morgan fingerprint density at radius 2 is 1.52 bits per heavy atom. The number of fused-ring (bicyclic) bond motifs is 9. The van der Waals surface area contributed by atoms with E-state index in [9.17, 15) is 9.59 Å². The van der Waals surface area contributed by atoms with Crippen LogP contribution >= 0.6 is 27.5 Å². The highest BCUT2D eigenvalue weighted by Gasteiger charge is 2.59. The molecule has 0 saturated heterocycles. The molecule has 1 aliphatic carbocycles. The van der Waals surface area contributed by atoms with Crippen molar-refractivity contribution in [2.24, 2.45) is 0 Å². The standard InChI is InChI=1S/C27H14BrClN2O2/c28-20-12-19-23(15-6-2-1-5-14(15)20)31-24-16-7-3-4-8-17(16)25(32)22(24)27(19)18-11-13(29)9-10-21(18)30-26(27)33/h1-12,31H,(H,30,33)/t27-/m1/s1. The maximum atomic E-state index is 14.0. The number of rotatable bonds is 0. The summed E-state index contributed by atoms with van der Waals surface area (Å²) in [7, 11) is 0. The number of carbonyl (C=O) groups is 2. The van der Waals surface area contributed by atoms with E-state index in [-0.39, 0.29) is 11.7 Å². The topological polar surface area (TPSA) is 58.2 Å². The van der Waals surface area contributed by atoms with E-state index < -0.39 is 5.41 Å². The Morgan fingerprint density at radius 1 is 0.788 bits per heavy atom. The van der Waals surface area contributed by atoms with Crippen LogP contribution < -0.4 is 10.6 Å². The number of ketones is 1. The zero-order chi connectivity index (χ0) is 22.5. The molecule has 0 radical (unpaired) electrons. The summed E-state index contributed by atoms with van der Waals surface area (Å²) in [5, 5.41) is 9.08. The van der Waals surface area contributed by atoms with Crippen molar-refractivity contribution in [3.8, 4) is 0 Å². The molecule has 2 aliphatic heterocycles. The van der Waals surface area contributed by atoms with Crippen LogP contribution in [0.3, 0.4) is 0 Å². The normalized spacial score (nSPS) is 19.8. The van der Waals surface area contributed by atoms with E-state index in [2.05, 4.69) is 26.6 Å². The van der Waals surface area contributed by atoms with Crippen LogP contribution in [0.15, 0.2) is 82.8 Å². The number of Topliss-reactive ketones (excluding diaryl/α,β-unsaturated/α-hetero) is 1. The lowest BCUT2D eigenvalue weighted by Gasteiger charge is -2.37. The van der Waals surface area contributed by atoms with Gasteiger partial charge in [0.15, 0.2) is 5.78 Å². The average Bonchev–Trinajstić information content (AvgIpc) is 3.27. The van der Waals surface area contributed by atoms with E-state index in [0.717, 1.165) is 32.1 Å². The van der Waals surface area contributed by atoms with Crippen molar-refractivity contribution in [1.29, 1.82) is 0 Å². The smallest absolute Gasteiger partial charge is 0.244 e. The van der Waals surface area contributed by atoms with Crippen molar-refractivity contribution < 1.29 is 9.59 Å². The molecule has 1 amide bonds. The Hall–Kier alpha value is -3.41. The Bertz CT molecular complexity index is 1640. The molecule has 2 heterocycles. The second-order valence-corrected chi connectivity index (χ2v) is 9.76. The van der Waals surface area contributed by atoms with Gasteiger partial charge in [-0.1, -0.05) is 76.1 Å². The number of carbonyl (C=O) groups excluding carboxylic acids is 2. The minimum atomic E-state index is -1.32. The van der Waals surface area contributed by atoms with Crippen molar-refractivity contribution in [3.63, 3.8) is 0 Å². The molecule has 158 valence electrons. The van der Waals surface area contributed by atoms with Crippen LogP contribution in [-0.2, 0) is 10.2 Å². The van der Waals surface area contributed by atoms with Gasteiger partial charge in [0.05, 0.1) is 11.4 Å². The first kappa shape index (κ1) is 19.1. The van der Waals surface area contributed by atoms with E-state index >= 15 is 0 Å². The number of amides is 1. The third-order valence-corrected chi connectivity index (χ3v) is 7.81. The Kier molecular flexibility index (Phi) is 3.67. The van der Waals surface area contributed by atoms with Gasteiger partial charge in [0, 0.05) is 48.4 Å². The van der Waals surface area contributed by atoms with Crippen molar-refractivity contribution in [2.75, 3.05) is 10.6 Å². The molecule has 4 aromatic rings. The number of nitrogens with one attached hydrogen (secondary N) is 2. The van der Waals surface area contributed by atoms with Crippen LogP contribution in [0.4, 0.5) is 11.4 Å². The van der Waals surface area contributed by atoms with E-state index in [0.29, 0.717) is 33.1 Å². The van der Waals surface area contributed by atoms with Crippen LogP contribution in [-0.4, -0.2) is 11.7 Å². The predicted octanol–water partition coefficient (Wildman–Crippen LogP) is 6.53. The summed E-state index contributed by atoms with van der Waals surface area (Å²) in [6.07, 6.45) is 0. The summed E-state index contributed by atoms with van der Waals surface area (Å²) in [5.74, 6) is -0.399. The van der Waals surface area contributed by atoms with E-state index in [1.165, 1.54) is 0 Å². The molecule has 3 aliphatic rings. The molecule has 4 nitrogen and oxygen atoms in total. The molecular formula is C27H14BrClN2O2. The molecule has 0 aromatic heterocycles. The number of benzene rings is 4. The van der Waals surface area contributed by atoms with Gasteiger partial charge in [0.25, 0.3) is 0 Å². The van der Waals surface area contributed by atoms with Gasteiger partial charge < -0.3 is 10.6 Å². The van der Waals surface area contributed by atoms with Gasteiger partial charge in [-0.05, 0) is 29.7 Å². The van der Waals surface area contributed by atoms with Crippen LogP contribution in [0.1, 0.15) is 27.0 Å². The van der Waals surface area contributed by atoms with Crippen LogP contribution in [0.2, 0.25) is 5.02 Å². The van der Waals surface area contributed by atoms with Gasteiger partial charge >= 0.3 is 0 Å². The van der Waals surface area contributed by atoms with Gasteiger partial charge in [-0.2, -0.15) is 0 Å². The molecule has 0 saturated carbocycles. The van der Waals surface area contributed by atoms with Crippen LogP contribution in [0.25, 0.3) is 16.5 Å². The van der Waals surface area contributed by atoms with Crippen molar-refractivity contribution in [3.05, 3.63) is 110 Å². The molecule has 1 atom stereocenters. The first-order valence-electron chi connectivity index (χ1n) is 10.5. The Balaban J connectivity index is 1.69. The second kappa shape index (κ2) is 6.34. The second-order valence-electron chi connectivity index (χ2n) is 8.47. The minimum Gasteiger partial charge on any atom is -0.354 e. The lowest BCUT2D eigenvalue weighted by molar-refractivity contribution is -0.118. The molecule has 0 fully saturated rings. The monoisotopic (exact) mass is 512 g/mol. The number of hydrogen-bond donors (Lipinski definition) is 2. The van der Waals surface area contributed by atoms with Crippen molar-refractivity contribution in [2.45, 2.75) is 5.41 Å². The highest BCUT2D eigenvalue weighted by atomic mass is 79.9. The first-order valence-corrected chi connectivity index (χ1v) is 11.7. The fourth-order valence-electron chi connectivity index (χ4n) is 5.58. The average molecular weight is 514 g/mol. The van der Waals surface area contributed by atoms with Crippen LogP contribution in [0.5, 0.6) is 0 Å². The van der Waals surface area contributed by atoms with Gasteiger partial charge in [0.1, 0.15) is 5.41 Å². The highest BCUT2D eigenvalue weighted by Crippen LogP contribution is 2.59. The maximum Gasteiger partial charge on any atom is 0.244 e. The molecule has 2 N–H and O–H groups in total. The summed E-state index contributed by atoms with van der Waals surface area (Å²) < 4.78 is 0.855. The summed E-state index contributed by atoms with van der Waals surface area (Å²) >= 11 is 10.1. The third-order valence-electron chi connectivity index (χ3n) is 6.92. The van der Waals surface area contributed by atoms with E-state index in [1.807, 2.05) is 54.6 Å². The zero-order valence-corrected chi connectivity index (χ0v) is 19.3. The largest absolute Gasteiger partial charge is 0.354 e. The fraction of sp³-hybridized carbons (Fsp3) is 0.0370. The highest BCUT2D eigenvalue weighted by molar-refractivity contribution is 9.10. The van der Waals surface area contributed by atoms with Gasteiger partial charge in [-0.25, -0.2) is 0 Å². The van der Waals surface area contributed by atoms with Crippen LogP contribution in [0, 0.1) is 0 Å². The van der Waals surface area contributed by atoms with Gasteiger partial charge in [-0.3, -0.25) is 9.59 Å². The third kappa shape index (κ3) is 2.21. The van der Waals surface area contributed by atoms with Crippen molar-refractivity contribution >= 4 is 67.1 Å². The summed E-state index contributed by atoms with van der Waals surface area (Å²) in [5.41, 5.74) is 4.10. The molecule has 4 aromatic carbocycles. The first-order chi connectivity index (χ1) is 16.0. The maximum absolute atomic E-state index is 14.0. The molecule has 6 heteroatoms. The fourth-order valence-corrected chi connectivity index (χ4v) is 6.33. The molecule has 7 rings (SSSR count). The van der Waals surface area contributed by atoms with E-state index in [4.69, 9.17) is 11.6 Å². The number of hydrogen-bond acceptors (Lipinski definition) is 3. The molecule has 33 heavy (non-hydrogen) atoms.